The average molecular weight is 182 g/mol. The Morgan fingerprint density at radius 3 is 3.00 bits per heavy atom. The van der Waals surface area contributed by atoms with E-state index in [4.69, 9.17) is 10.2 Å². The second-order valence-electron chi connectivity index (χ2n) is 2.93. The van der Waals surface area contributed by atoms with E-state index in [1.165, 1.54) is 6.92 Å². The van der Waals surface area contributed by atoms with Crippen molar-refractivity contribution in [2.45, 2.75) is 12.8 Å². The smallest absolute Gasteiger partial charge is 0.216 e. The summed E-state index contributed by atoms with van der Waals surface area (Å²) in [5.74, 6) is 0.101. The first-order chi connectivity index (χ1) is 6.24. The molecule has 0 spiro atoms. The molecule has 1 rings (SSSR count). The number of carbonyl (C=O) groups is 1. The van der Waals surface area contributed by atoms with E-state index >= 15 is 0 Å². The molecule has 0 aliphatic carbocycles. The quantitative estimate of drug-likeness (QED) is 0.710. The van der Waals surface area contributed by atoms with Gasteiger partial charge in [0.1, 0.15) is 0 Å². The van der Waals surface area contributed by atoms with E-state index in [1.807, 2.05) is 6.07 Å². The van der Waals surface area contributed by atoms with Gasteiger partial charge in [0.05, 0.1) is 12.5 Å². The normalized spacial score (nSPS) is 12.5. The zero-order valence-corrected chi connectivity index (χ0v) is 7.62. The Labute approximate surface area is 77.1 Å². The van der Waals surface area contributed by atoms with Gasteiger partial charge in [-0.05, 0) is 11.6 Å². The number of carbonyl (C=O) groups excluding carboxylic acids is 1. The number of hydrogen-bond acceptors (Lipinski definition) is 3. The van der Waals surface area contributed by atoms with Crippen molar-refractivity contribution in [2.24, 2.45) is 5.73 Å². The SMILES string of the molecule is CC(=O)NCC(CN)c1ccoc1. The molecule has 0 aliphatic rings. The van der Waals surface area contributed by atoms with Crippen LogP contribution in [-0.4, -0.2) is 19.0 Å². The van der Waals surface area contributed by atoms with E-state index in [2.05, 4.69) is 5.32 Å². The highest BCUT2D eigenvalue weighted by Crippen LogP contribution is 2.13. The zero-order valence-electron chi connectivity index (χ0n) is 7.62. The van der Waals surface area contributed by atoms with Gasteiger partial charge in [0.15, 0.2) is 0 Å². The van der Waals surface area contributed by atoms with Crippen LogP contribution in [0.2, 0.25) is 0 Å². The van der Waals surface area contributed by atoms with Gasteiger partial charge in [-0.25, -0.2) is 0 Å². The lowest BCUT2D eigenvalue weighted by Crippen LogP contribution is -2.29. The minimum atomic E-state index is -0.0399. The number of hydrogen-bond donors (Lipinski definition) is 2. The summed E-state index contributed by atoms with van der Waals surface area (Å²) in [6.45, 7) is 2.55. The maximum atomic E-state index is 10.7. The molecule has 1 atom stereocenters. The summed E-state index contributed by atoms with van der Waals surface area (Å²) < 4.78 is 4.94. The molecule has 1 aromatic rings. The number of nitrogens with one attached hydrogen (secondary N) is 1. The number of amides is 1. The molecule has 3 N–H and O–H groups in total. The molecular weight excluding hydrogens is 168 g/mol. The minimum Gasteiger partial charge on any atom is -0.472 e. The van der Waals surface area contributed by atoms with Gasteiger partial charge in [-0.3, -0.25) is 4.79 Å². The van der Waals surface area contributed by atoms with Gasteiger partial charge in [0, 0.05) is 25.9 Å². The van der Waals surface area contributed by atoms with Crippen molar-refractivity contribution in [3.8, 4) is 0 Å². The third kappa shape index (κ3) is 2.91. The molecular formula is C9H14N2O2. The molecule has 13 heavy (non-hydrogen) atoms. The predicted molar refractivity (Wildman–Crippen MR) is 49.2 cm³/mol. The fourth-order valence-electron chi connectivity index (χ4n) is 1.11. The van der Waals surface area contributed by atoms with Crippen molar-refractivity contribution in [1.29, 1.82) is 0 Å². The maximum absolute atomic E-state index is 10.7. The molecule has 4 nitrogen and oxygen atoms in total. The van der Waals surface area contributed by atoms with Crippen LogP contribution in [0, 0.1) is 0 Å². The lowest BCUT2D eigenvalue weighted by atomic mass is 10.0. The van der Waals surface area contributed by atoms with Gasteiger partial charge >= 0.3 is 0 Å². The van der Waals surface area contributed by atoms with Crippen LogP contribution in [0.15, 0.2) is 23.0 Å². The van der Waals surface area contributed by atoms with E-state index in [1.54, 1.807) is 12.5 Å². The highest BCUT2D eigenvalue weighted by Gasteiger charge is 2.10. The van der Waals surface area contributed by atoms with E-state index in [0.717, 1.165) is 5.56 Å². The van der Waals surface area contributed by atoms with Crippen molar-refractivity contribution < 1.29 is 9.21 Å². The molecule has 0 bridgehead atoms. The number of nitrogens with two attached hydrogens (primary N) is 1. The average Bonchev–Trinajstić information content (AvgIpc) is 2.58. The molecule has 1 aromatic heterocycles. The highest BCUT2D eigenvalue weighted by molar-refractivity contribution is 5.72. The summed E-state index contributed by atoms with van der Waals surface area (Å²) in [6.07, 6.45) is 3.26. The summed E-state index contributed by atoms with van der Waals surface area (Å²) in [5, 5.41) is 2.72. The zero-order chi connectivity index (χ0) is 9.68. The summed E-state index contributed by atoms with van der Waals surface area (Å²) in [5.41, 5.74) is 6.58. The summed E-state index contributed by atoms with van der Waals surface area (Å²) in [6, 6.07) is 1.86. The first kappa shape index (κ1) is 9.80. The van der Waals surface area contributed by atoms with Gasteiger partial charge < -0.3 is 15.5 Å². The van der Waals surface area contributed by atoms with Crippen LogP contribution in [0.4, 0.5) is 0 Å². The molecule has 0 fully saturated rings. The van der Waals surface area contributed by atoms with E-state index in [0.29, 0.717) is 13.1 Å². The number of furan rings is 1. The van der Waals surface area contributed by atoms with Gasteiger partial charge in [-0.15, -0.1) is 0 Å². The molecule has 0 aliphatic heterocycles. The standard InChI is InChI=1S/C9H14N2O2/c1-7(12)11-5-9(4-10)8-2-3-13-6-8/h2-3,6,9H,4-5,10H2,1H3,(H,11,12). The molecule has 4 heteroatoms. The lowest BCUT2D eigenvalue weighted by Gasteiger charge is -2.12. The fraction of sp³-hybridized carbons (Fsp3) is 0.444. The maximum Gasteiger partial charge on any atom is 0.216 e. The Bertz CT molecular complexity index is 257. The van der Waals surface area contributed by atoms with Crippen LogP contribution < -0.4 is 11.1 Å². The lowest BCUT2D eigenvalue weighted by molar-refractivity contribution is -0.119. The van der Waals surface area contributed by atoms with Crippen LogP contribution in [0.1, 0.15) is 18.4 Å². The molecule has 0 radical (unpaired) electrons. The summed E-state index contributed by atoms with van der Waals surface area (Å²) >= 11 is 0. The topological polar surface area (TPSA) is 68.3 Å². The molecule has 0 saturated carbocycles. The Hall–Kier alpha value is -1.29. The second kappa shape index (κ2) is 4.67. The molecule has 1 unspecified atom stereocenters. The van der Waals surface area contributed by atoms with Gasteiger partial charge in [-0.2, -0.15) is 0 Å². The minimum absolute atomic E-state index is 0.0399. The fourth-order valence-corrected chi connectivity index (χ4v) is 1.11. The molecule has 0 aromatic carbocycles. The van der Waals surface area contributed by atoms with Crippen molar-refractivity contribution >= 4 is 5.91 Å². The number of rotatable bonds is 4. The Balaban J connectivity index is 2.49. The predicted octanol–water partition coefficient (Wildman–Crippen LogP) is 0.458. The Morgan fingerprint density at radius 1 is 1.77 bits per heavy atom. The van der Waals surface area contributed by atoms with Gasteiger partial charge in [-0.1, -0.05) is 0 Å². The van der Waals surface area contributed by atoms with E-state index < -0.39 is 0 Å². The van der Waals surface area contributed by atoms with Crippen molar-refractivity contribution in [2.75, 3.05) is 13.1 Å². The summed E-state index contributed by atoms with van der Waals surface area (Å²) in [4.78, 5) is 10.7. The molecule has 72 valence electrons. The van der Waals surface area contributed by atoms with E-state index in [-0.39, 0.29) is 11.8 Å². The van der Waals surface area contributed by atoms with Crippen LogP contribution >= 0.6 is 0 Å². The van der Waals surface area contributed by atoms with Crippen LogP contribution in [-0.2, 0) is 4.79 Å². The third-order valence-corrected chi connectivity index (χ3v) is 1.90. The van der Waals surface area contributed by atoms with Crippen LogP contribution in [0.5, 0.6) is 0 Å². The third-order valence-electron chi connectivity index (χ3n) is 1.90. The Kier molecular flexibility index (Phi) is 3.52. The van der Waals surface area contributed by atoms with Crippen molar-refractivity contribution in [3.05, 3.63) is 24.2 Å². The molecule has 0 saturated heterocycles. The summed E-state index contributed by atoms with van der Waals surface area (Å²) in [7, 11) is 0. The van der Waals surface area contributed by atoms with Gasteiger partial charge in [0.2, 0.25) is 5.91 Å². The van der Waals surface area contributed by atoms with Crippen molar-refractivity contribution in [3.63, 3.8) is 0 Å². The highest BCUT2D eigenvalue weighted by atomic mass is 16.3. The van der Waals surface area contributed by atoms with Crippen LogP contribution in [0.25, 0.3) is 0 Å². The van der Waals surface area contributed by atoms with E-state index in [9.17, 15) is 4.79 Å². The Morgan fingerprint density at radius 2 is 2.54 bits per heavy atom. The van der Waals surface area contributed by atoms with Gasteiger partial charge in [0.25, 0.3) is 0 Å². The second-order valence-corrected chi connectivity index (χ2v) is 2.93. The molecule has 1 heterocycles. The first-order valence-electron chi connectivity index (χ1n) is 4.20. The van der Waals surface area contributed by atoms with Crippen LogP contribution in [0.3, 0.4) is 0 Å². The molecule has 1 amide bonds. The monoisotopic (exact) mass is 182 g/mol. The largest absolute Gasteiger partial charge is 0.472 e. The van der Waals surface area contributed by atoms with Crippen molar-refractivity contribution in [1.82, 2.24) is 5.32 Å². The first-order valence-corrected chi connectivity index (χ1v) is 4.20.